The maximum atomic E-state index is 13.2. The molecule has 5 nitrogen and oxygen atoms in total. The minimum atomic E-state index is -0.255. The van der Waals surface area contributed by atoms with Gasteiger partial charge < -0.3 is 10.6 Å². The van der Waals surface area contributed by atoms with Crippen LogP contribution in [-0.2, 0) is 9.59 Å². The molecule has 2 heterocycles. The van der Waals surface area contributed by atoms with E-state index in [1.165, 1.54) is 12.1 Å². The quantitative estimate of drug-likeness (QED) is 0.907. The van der Waals surface area contributed by atoms with Gasteiger partial charge in [0.25, 0.3) is 0 Å². The monoisotopic (exact) mass is 347 g/mol. The van der Waals surface area contributed by atoms with Crippen molar-refractivity contribution in [1.82, 2.24) is 9.80 Å². The molecule has 0 saturated carbocycles. The van der Waals surface area contributed by atoms with Crippen molar-refractivity contribution in [3.05, 3.63) is 35.6 Å². The summed E-state index contributed by atoms with van der Waals surface area (Å²) >= 11 is 0. The number of amides is 2. The van der Waals surface area contributed by atoms with Crippen LogP contribution in [0.4, 0.5) is 4.39 Å². The second-order valence-corrected chi connectivity index (χ2v) is 7.10. The number of carbonyl (C=O) groups is 2. The fourth-order valence-corrected chi connectivity index (χ4v) is 3.92. The highest BCUT2D eigenvalue weighted by Crippen LogP contribution is 2.31. The summed E-state index contributed by atoms with van der Waals surface area (Å²) in [6.07, 6.45) is 4.46. The average Bonchev–Trinajstić information content (AvgIpc) is 2.63. The highest BCUT2D eigenvalue weighted by molar-refractivity contribution is 5.79. The van der Waals surface area contributed by atoms with Gasteiger partial charge >= 0.3 is 0 Å². The lowest BCUT2D eigenvalue weighted by Crippen LogP contribution is -2.47. The Morgan fingerprint density at radius 3 is 2.36 bits per heavy atom. The van der Waals surface area contributed by atoms with E-state index in [4.69, 9.17) is 5.73 Å². The zero-order valence-electron chi connectivity index (χ0n) is 14.5. The molecule has 1 aromatic carbocycles. The number of rotatable bonds is 4. The van der Waals surface area contributed by atoms with Gasteiger partial charge in [0.2, 0.25) is 11.8 Å². The van der Waals surface area contributed by atoms with E-state index in [0.717, 1.165) is 57.3 Å². The van der Waals surface area contributed by atoms with Crippen LogP contribution in [0.2, 0.25) is 0 Å². The van der Waals surface area contributed by atoms with Crippen LogP contribution in [-0.4, -0.2) is 47.8 Å². The van der Waals surface area contributed by atoms with Crippen LogP contribution < -0.4 is 5.73 Å². The number of halogens is 1. The van der Waals surface area contributed by atoms with Crippen LogP contribution in [0, 0.1) is 11.7 Å². The molecule has 2 aliphatic rings. The van der Waals surface area contributed by atoms with Crippen LogP contribution in [0.3, 0.4) is 0 Å². The Morgan fingerprint density at radius 1 is 1.04 bits per heavy atom. The maximum absolute atomic E-state index is 13.2. The Bertz CT molecular complexity index is 612. The number of carbonyl (C=O) groups excluding carboxylic acids is 2. The summed E-state index contributed by atoms with van der Waals surface area (Å²) in [4.78, 5) is 28.2. The van der Waals surface area contributed by atoms with Crippen molar-refractivity contribution < 1.29 is 14.0 Å². The number of piperidine rings is 2. The third-order valence-electron chi connectivity index (χ3n) is 5.43. The van der Waals surface area contributed by atoms with Gasteiger partial charge in [0.15, 0.2) is 0 Å². The summed E-state index contributed by atoms with van der Waals surface area (Å²) in [6, 6.07) is 6.51. The van der Waals surface area contributed by atoms with Crippen molar-refractivity contribution in [3.63, 3.8) is 0 Å². The molecular formula is C19H26FN3O2. The normalized spacial score (nSPS) is 22.8. The lowest BCUT2D eigenvalue weighted by Gasteiger charge is -2.38. The van der Waals surface area contributed by atoms with Gasteiger partial charge in [0, 0.05) is 12.5 Å². The summed E-state index contributed by atoms with van der Waals surface area (Å²) in [7, 11) is 0. The summed E-state index contributed by atoms with van der Waals surface area (Å²) in [5.74, 6) is -0.437. The number of nitrogens with two attached hydrogens (primary N) is 1. The lowest BCUT2D eigenvalue weighted by molar-refractivity contribution is -0.136. The van der Waals surface area contributed by atoms with E-state index in [1.807, 2.05) is 4.90 Å². The van der Waals surface area contributed by atoms with Crippen LogP contribution in [0.25, 0.3) is 0 Å². The summed E-state index contributed by atoms with van der Waals surface area (Å²) in [6.45, 7) is 2.59. The molecule has 0 bridgehead atoms. The van der Waals surface area contributed by atoms with Crippen LogP contribution in [0.15, 0.2) is 24.3 Å². The Balaban J connectivity index is 1.61. The molecule has 2 saturated heterocycles. The van der Waals surface area contributed by atoms with Gasteiger partial charge in [-0.05, 0) is 62.9 Å². The van der Waals surface area contributed by atoms with E-state index >= 15 is 0 Å². The highest BCUT2D eigenvalue weighted by atomic mass is 19.1. The molecule has 0 unspecified atom stereocenters. The molecule has 3 rings (SSSR count). The van der Waals surface area contributed by atoms with Crippen molar-refractivity contribution in [2.45, 2.75) is 38.1 Å². The molecule has 6 heteroatoms. The molecule has 0 aromatic heterocycles. The topological polar surface area (TPSA) is 66.6 Å². The Morgan fingerprint density at radius 2 is 1.72 bits per heavy atom. The van der Waals surface area contributed by atoms with E-state index in [-0.39, 0.29) is 29.6 Å². The molecule has 2 amide bonds. The summed E-state index contributed by atoms with van der Waals surface area (Å²) in [5.41, 5.74) is 6.37. The predicted octanol–water partition coefficient (Wildman–Crippen LogP) is 2.08. The third kappa shape index (κ3) is 4.37. The second kappa shape index (κ2) is 7.95. The smallest absolute Gasteiger partial charge is 0.237 e. The third-order valence-corrected chi connectivity index (χ3v) is 5.43. The standard InChI is InChI=1S/C19H26FN3O2/c20-16-6-4-14(5-7-16)17-3-1-2-10-23(17)18(24)13-22-11-8-15(9-12-22)19(21)25/h4-7,15,17H,1-3,8-13H2,(H2,21,25)/t17-/m0/s1. The van der Waals surface area contributed by atoms with Crippen molar-refractivity contribution in [1.29, 1.82) is 0 Å². The first-order valence-electron chi connectivity index (χ1n) is 9.11. The molecule has 0 aliphatic carbocycles. The molecule has 2 aliphatic heterocycles. The number of hydrogen-bond donors (Lipinski definition) is 1. The SMILES string of the molecule is NC(=O)C1CCN(CC(=O)N2CCCC[C@H]2c2ccc(F)cc2)CC1. The van der Waals surface area contributed by atoms with Crippen molar-refractivity contribution in [2.24, 2.45) is 11.7 Å². The van der Waals surface area contributed by atoms with Crippen LogP contribution in [0.1, 0.15) is 43.7 Å². The number of nitrogens with zero attached hydrogens (tertiary/aromatic N) is 2. The first-order chi connectivity index (χ1) is 12.0. The first-order valence-corrected chi connectivity index (χ1v) is 9.11. The minimum Gasteiger partial charge on any atom is -0.369 e. The fraction of sp³-hybridized carbons (Fsp3) is 0.579. The molecule has 2 fully saturated rings. The molecule has 0 radical (unpaired) electrons. The molecule has 25 heavy (non-hydrogen) atoms. The van der Waals surface area contributed by atoms with E-state index in [9.17, 15) is 14.0 Å². The lowest BCUT2D eigenvalue weighted by atomic mass is 9.94. The predicted molar refractivity (Wildman–Crippen MR) is 93.1 cm³/mol. The molecule has 136 valence electrons. The van der Waals surface area contributed by atoms with Gasteiger partial charge in [-0.1, -0.05) is 12.1 Å². The zero-order valence-corrected chi connectivity index (χ0v) is 14.5. The number of likely N-dealkylation sites (tertiary alicyclic amines) is 2. The number of hydrogen-bond acceptors (Lipinski definition) is 3. The van der Waals surface area contributed by atoms with Crippen LogP contribution >= 0.6 is 0 Å². The van der Waals surface area contributed by atoms with Gasteiger partial charge in [-0.15, -0.1) is 0 Å². The van der Waals surface area contributed by atoms with E-state index in [2.05, 4.69) is 4.90 Å². The van der Waals surface area contributed by atoms with E-state index < -0.39 is 0 Å². The zero-order chi connectivity index (χ0) is 17.8. The van der Waals surface area contributed by atoms with Gasteiger partial charge in [-0.3, -0.25) is 14.5 Å². The minimum absolute atomic E-state index is 0.0324. The first kappa shape index (κ1) is 17.9. The van der Waals surface area contributed by atoms with Gasteiger partial charge in [0.05, 0.1) is 12.6 Å². The Hall–Kier alpha value is -1.95. The number of benzene rings is 1. The molecule has 1 aromatic rings. The second-order valence-electron chi connectivity index (χ2n) is 7.10. The molecule has 2 N–H and O–H groups in total. The highest BCUT2D eigenvalue weighted by Gasteiger charge is 2.30. The van der Waals surface area contributed by atoms with Crippen molar-refractivity contribution >= 4 is 11.8 Å². The van der Waals surface area contributed by atoms with Gasteiger partial charge in [-0.25, -0.2) is 4.39 Å². The van der Waals surface area contributed by atoms with Crippen molar-refractivity contribution in [2.75, 3.05) is 26.2 Å². The Kier molecular flexibility index (Phi) is 5.68. The average molecular weight is 347 g/mol. The Labute approximate surface area is 148 Å². The van der Waals surface area contributed by atoms with Gasteiger partial charge in [0.1, 0.15) is 5.82 Å². The fourth-order valence-electron chi connectivity index (χ4n) is 3.92. The maximum Gasteiger partial charge on any atom is 0.237 e. The summed E-state index contributed by atoms with van der Waals surface area (Å²) < 4.78 is 13.2. The largest absolute Gasteiger partial charge is 0.369 e. The molecule has 0 spiro atoms. The van der Waals surface area contributed by atoms with Crippen LogP contribution in [0.5, 0.6) is 0 Å². The van der Waals surface area contributed by atoms with Crippen molar-refractivity contribution in [3.8, 4) is 0 Å². The van der Waals surface area contributed by atoms with Gasteiger partial charge in [-0.2, -0.15) is 0 Å². The molecular weight excluding hydrogens is 321 g/mol. The number of primary amides is 1. The van der Waals surface area contributed by atoms with E-state index in [1.54, 1.807) is 12.1 Å². The summed E-state index contributed by atoms with van der Waals surface area (Å²) in [5, 5.41) is 0. The molecule has 1 atom stereocenters. The van der Waals surface area contributed by atoms with E-state index in [0.29, 0.717) is 6.54 Å².